The van der Waals surface area contributed by atoms with E-state index in [2.05, 4.69) is 188 Å². The first-order valence-corrected chi connectivity index (χ1v) is 24.2. The van der Waals surface area contributed by atoms with E-state index < -0.39 is 0 Å². The summed E-state index contributed by atoms with van der Waals surface area (Å²) in [6.07, 6.45) is 3.79. The fourth-order valence-corrected chi connectivity index (χ4v) is 9.76. The van der Waals surface area contributed by atoms with Crippen molar-refractivity contribution in [1.29, 1.82) is 0 Å². The van der Waals surface area contributed by atoms with Crippen LogP contribution in [-0.2, 0) is 0 Å². The lowest BCUT2D eigenvalue weighted by atomic mass is 9.75. The van der Waals surface area contributed by atoms with Gasteiger partial charge in [-0.25, -0.2) is 15.0 Å². The molecule has 5 nitrogen and oxygen atoms in total. The molecule has 12 rings (SSSR count). The van der Waals surface area contributed by atoms with E-state index in [9.17, 15) is 0 Å². The SMILES string of the molecule is c1ccc(-c2nc(-c3ccccc3)nc(-c3cccc(-c4cccc(-c5cccc(-c6c(-c7ccccc7)c(-c7ccccn7)c(-c7ccccc7)c(-c7ccccc7)c6-c6ccccn6)c5)c4)c3)n2)cc1. The van der Waals surface area contributed by atoms with E-state index in [1.54, 1.807) is 0 Å². The van der Waals surface area contributed by atoms with Gasteiger partial charge in [-0.3, -0.25) is 9.97 Å². The van der Waals surface area contributed by atoms with Gasteiger partial charge in [-0.05, 0) is 87.0 Å². The maximum Gasteiger partial charge on any atom is 0.164 e. The Kier molecular flexibility index (Phi) is 11.9. The van der Waals surface area contributed by atoms with Gasteiger partial charge in [0.25, 0.3) is 0 Å². The predicted molar refractivity (Wildman–Crippen MR) is 295 cm³/mol. The van der Waals surface area contributed by atoms with Gasteiger partial charge in [0, 0.05) is 62.5 Å². The number of benzene rings is 9. The third-order valence-corrected chi connectivity index (χ3v) is 13.0. The summed E-state index contributed by atoms with van der Waals surface area (Å²) in [4.78, 5) is 25.3. The number of hydrogen-bond acceptors (Lipinski definition) is 5. The molecule has 0 aliphatic carbocycles. The normalized spacial score (nSPS) is 11.1. The summed E-state index contributed by atoms with van der Waals surface area (Å²) in [6, 6.07) is 91.1. The molecule has 0 aliphatic rings. The summed E-state index contributed by atoms with van der Waals surface area (Å²) in [5, 5.41) is 0. The highest BCUT2D eigenvalue weighted by Crippen LogP contribution is 2.55. The van der Waals surface area contributed by atoms with Crippen LogP contribution in [0.4, 0.5) is 0 Å². The molecule has 3 heterocycles. The minimum absolute atomic E-state index is 0.615. The third-order valence-electron chi connectivity index (χ3n) is 13.0. The molecule has 0 unspecified atom stereocenters. The van der Waals surface area contributed by atoms with Gasteiger partial charge < -0.3 is 0 Å². The first-order valence-electron chi connectivity index (χ1n) is 24.2. The average molecular weight is 920 g/mol. The van der Waals surface area contributed by atoms with E-state index in [-0.39, 0.29) is 0 Å². The third kappa shape index (κ3) is 8.68. The minimum atomic E-state index is 0.615. The van der Waals surface area contributed by atoms with Gasteiger partial charge in [0.15, 0.2) is 17.5 Å². The second-order valence-corrected chi connectivity index (χ2v) is 17.6. The quantitative estimate of drug-likeness (QED) is 0.129. The lowest BCUT2D eigenvalue weighted by Gasteiger charge is -2.28. The second kappa shape index (κ2) is 19.7. The van der Waals surface area contributed by atoms with Crippen molar-refractivity contribution in [2.45, 2.75) is 0 Å². The predicted octanol–water partition coefficient (Wildman–Crippen LogP) is 17.0. The molecule has 0 atom stereocenters. The first kappa shape index (κ1) is 43.6. The monoisotopic (exact) mass is 919 g/mol. The number of aromatic nitrogens is 5. The van der Waals surface area contributed by atoms with Gasteiger partial charge in [0.05, 0.1) is 11.4 Å². The largest absolute Gasteiger partial charge is 0.256 e. The van der Waals surface area contributed by atoms with Crippen LogP contribution in [0.5, 0.6) is 0 Å². The van der Waals surface area contributed by atoms with E-state index in [0.717, 1.165) is 106 Å². The van der Waals surface area contributed by atoms with Crippen molar-refractivity contribution in [2.24, 2.45) is 0 Å². The van der Waals surface area contributed by atoms with Crippen molar-refractivity contribution < 1.29 is 0 Å². The van der Waals surface area contributed by atoms with Gasteiger partial charge in [-0.2, -0.15) is 0 Å². The van der Waals surface area contributed by atoms with Crippen molar-refractivity contribution in [3.05, 3.63) is 273 Å². The number of rotatable bonds is 11. The molecular formula is C67H45N5. The van der Waals surface area contributed by atoms with Crippen LogP contribution in [0.2, 0.25) is 0 Å². The molecule has 0 saturated heterocycles. The summed E-state index contributed by atoms with van der Waals surface area (Å²) in [7, 11) is 0. The fourth-order valence-electron chi connectivity index (χ4n) is 9.76. The van der Waals surface area contributed by atoms with Gasteiger partial charge in [-0.1, -0.05) is 218 Å². The van der Waals surface area contributed by atoms with Gasteiger partial charge in [0.1, 0.15) is 0 Å². The molecule has 5 heteroatoms. The van der Waals surface area contributed by atoms with E-state index in [1.165, 1.54) is 0 Å². The zero-order valence-corrected chi connectivity index (χ0v) is 39.2. The van der Waals surface area contributed by atoms with Gasteiger partial charge in [0.2, 0.25) is 0 Å². The highest BCUT2D eigenvalue weighted by molar-refractivity contribution is 6.14. The molecule has 3 aromatic heterocycles. The summed E-state index contributed by atoms with van der Waals surface area (Å²) >= 11 is 0. The Morgan fingerprint density at radius 3 is 0.806 bits per heavy atom. The summed E-state index contributed by atoms with van der Waals surface area (Å²) < 4.78 is 0. The van der Waals surface area contributed by atoms with Gasteiger partial charge >= 0.3 is 0 Å². The minimum Gasteiger partial charge on any atom is -0.256 e. The topological polar surface area (TPSA) is 64.5 Å². The van der Waals surface area contributed by atoms with Crippen molar-refractivity contribution in [2.75, 3.05) is 0 Å². The van der Waals surface area contributed by atoms with Crippen LogP contribution in [0.1, 0.15) is 0 Å². The fraction of sp³-hybridized carbons (Fsp3) is 0. The Bertz CT molecular complexity index is 3650. The molecule has 12 aromatic rings. The number of hydrogen-bond donors (Lipinski definition) is 0. The molecule has 0 fully saturated rings. The zero-order chi connectivity index (χ0) is 48.1. The molecule has 0 radical (unpaired) electrons. The smallest absolute Gasteiger partial charge is 0.164 e. The molecule has 0 aliphatic heterocycles. The maximum atomic E-state index is 5.16. The highest BCUT2D eigenvalue weighted by Gasteiger charge is 2.30. The Balaban J connectivity index is 1.06. The van der Waals surface area contributed by atoms with Crippen molar-refractivity contribution >= 4 is 0 Å². The molecular weight excluding hydrogens is 875 g/mol. The van der Waals surface area contributed by atoms with E-state index in [1.807, 2.05) is 85.2 Å². The number of pyridine rings is 2. The molecule has 0 N–H and O–H groups in total. The van der Waals surface area contributed by atoms with Crippen LogP contribution < -0.4 is 0 Å². The second-order valence-electron chi connectivity index (χ2n) is 17.6. The highest BCUT2D eigenvalue weighted by atomic mass is 15.0. The summed E-state index contributed by atoms with van der Waals surface area (Å²) in [6.45, 7) is 0. The van der Waals surface area contributed by atoms with Crippen LogP contribution >= 0.6 is 0 Å². The molecule has 9 aromatic carbocycles. The zero-order valence-electron chi connectivity index (χ0n) is 39.2. The molecule has 0 saturated carbocycles. The van der Waals surface area contributed by atoms with Crippen molar-refractivity contribution in [3.63, 3.8) is 0 Å². The molecule has 0 spiro atoms. The lowest BCUT2D eigenvalue weighted by Crippen LogP contribution is -2.03. The van der Waals surface area contributed by atoms with E-state index in [0.29, 0.717) is 17.5 Å². The van der Waals surface area contributed by atoms with E-state index >= 15 is 0 Å². The summed E-state index contributed by atoms with van der Waals surface area (Å²) in [5.41, 5.74) is 19.6. The van der Waals surface area contributed by atoms with Crippen LogP contribution in [0.25, 0.3) is 123 Å². The van der Waals surface area contributed by atoms with Crippen molar-refractivity contribution in [3.8, 4) is 123 Å². The standard InChI is InChI=1S/C67H45N5/c1-6-23-46(24-7-1)59-60(47-25-8-2-9-26-47)64(58-40-17-19-42-69-58)62(61(48-27-10-3-11-28-48)63(59)57-39-16-18-41-68-57)55-37-21-35-53(44-55)51-33-20-34-52(43-51)54-36-22-38-56(45-54)67-71-65(49-29-12-4-13-30-49)70-66(72-67)50-31-14-5-15-32-50/h1-45H. The Hall–Kier alpha value is -9.71. The molecule has 72 heavy (non-hydrogen) atoms. The van der Waals surface area contributed by atoms with Crippen LogP contribution in [0, 0.1) is 0 Å². The first-order chi connectivity index (χ1) is 35.7. The molecule has 0 amide bonds. The van der Waals surface area contributed by atoms with Crippen LogP contribution in [0.3, 0.4) is 0 Å². The maximum absolute atomic E-state index is 5.16. The average Bonchev–Trinajstić information content (AvgIpc) is 3.48. The van der Waals surface area contributed by atoms with E-state index in [4.69, 9.17) is 24.9 Å². The lowest BCUT2D eigenvalue weighted by molar-refractivity contribution is 1.07. The molecule has 338 valence electrons. The Labute approximate surface area is 419 Å². The van der Waals surface area contributed by atoms with Gasteiger partial charge in [-0.15, -0.1) is 0 Å². The van der Waals surface area contributed by atoms with Crippen LogP contribution in [-0.4, -0.2) is 24.9 Å². The Morgan fingerprint density at radius 1 is 0.181 bits per heavy atom. The Morgan fingerprint density at radius 2 is 0.444 bits per heavy atom. The summed E-state index contributed by atoms with van der Waals surface area (Å²) in [5.74, 6) is 1.88. The van der Waals surface area contributed by atoms with Crippen LogP contribution in [0.15, 0.2) is 273 Å². The van der Waals surface area contributed by atoms with Crippen molar-refractivity contribution in [1.82, 2.24) is 24.9 Å². The number of nitrogens with zero attached hydrogens (tertiary/aromatic N) is 5. The molecule has 0 bridgehead atoms.